The van der Waals surface area contributed by atoms with Gasteiger partial charge in [0, 0.05) is 6.20 Å². The van der Waals surface area contributed by atoms with Crippen molar-refractivity contribution in [1.29, 1.82) is 5.41 Å². The van der Waals surface area contributed by atoms with E-state index in [0.29, 0.717) is 5.69 Å². The smallest absolute Gasteiger partial charge is 0.147 e. The van der Waals surface area contributed by atoms with Crippen LogP contribution in [0.2, 0.25) is 0 Å². The number of halogens is 1. The van der Waals surface area contributed by atoms with Gasteiger partial charge in [-0.25, -0.2) is 9.97 Å². The lowest BCUT2D eigenvalue weighted by Gasteiger charge is -1.96. The molecule has 10 heavy (non-hydrogen) atoms. The predicted molar refractivity (Wildman–Crippen MR) is 39.5 cm³/mol. The van der Waals surface area contributed by atoms with Gasteiger partial charge < -0.3 is 0 Å². The van der Waals surface area contributed by atoms with Crippen LogP contribution in [-0.4, -0.2) is 15.1 Å². The molecule has 0 spiro atoms. The first kappa shape index (κ1) is 7.15. The molecule has 0 saturated carbocycles. The number of hydrogen-bond acceptors (Lipinski definition) is 3. The SMILES string of the molecule is Cc1cncnc1C(=N)Cl. The van der Waals surface area contributed by atoms with Gasteiger partial charge in [-0.3, -0.25) is 5.41 Å². The van der Waals surface area contributed by atoms with E-state index in [4.69, 9.17) is 17.0 Å². The third kappa shape index (κ3) is 1.30. The van der Waals surface area contributed by atoms with E-state index in [1.165, 1.54) is 6.33 Å². The highest BCUT2D eigenvalue weighted by Crippen LogP contribution is 2.03. The Kier molecular flexibility index (Phi) is 1.97. The zero-order chi connectivity index (χ0) is 7.56. The second-order valence-electron chi connectivity index (χ2n) is 1.87. The minimum absolute atomic E-state index is 0.0418. The van der Waals surface area contributed by atoms with Crippen LogP contribution < -0.4 is 0 Å². The Balaban J connectivity index is 3.15. The molecule has 0 aliphatic carbocycles. The van der Waals surface area contributed by atoms with Crippen molar-refractivity contribution < 1.29 is 0 Å². The van der Waals surface area contributed by atoms with Gasteiger partial charge in [0.2, 0.25) is 0 Å². The van der Waals surface area contributed by atoms with Gasteiger partial charge in [-0.15, -0.1) is 0 Å². The summed E-state index contributed by atoms with van der Waals surface area (Å²) in [6, 6.07) is 0. The highest BCUT2D eigenvalue weighted by Gasteiger charge is 2.01. The van der Waals surface area contributed by atoms with Crippen molar-refractivity contribution in [3.05, 3.63) is 23.8 Å². The Morgan fingerprint density at radius 1 is 1.70 bits per heavy atom. The zero-order valence-corrected chi connectivity index (χ0v) is 6.18. The molecule has 0 amide bonds. The van der Waals surface area contributed by atoms with Crippen LogP contribution in [0.3, 0.4) is 0 Å². The van der Waals surface area contributed by atoms with Crippen LogP contribution in [0.1, 0.15) is 11.3 Å². The van der Waals surface area contributed by atoms with E-state index >= 15 is 0 Å². The third-order valence-corrected chi connectivity index (χ3v) is 1.28. The number of aryl methyl sites for hydroxylation is 1. The van der Waals surface area contributed by atoms with Crippen molar-refractivity contribution in [3.63, 3.8) is 0 Å². The summed E-state index contributed by atoms with van der Waals surface area (Å²) < 4.78 is 0. The van der Waals surface area contributed by atoms with Crippen molar-refractivity contribution in [3.8, 4) is 0 Å². The summed E-state index contributed by atoms with van der Waals surface area (Å²) in [6.07, 6.45) is 3.00. The highest BCUT2D eigenvalue weighted by molar-refractivity contribution is 6.68. The molecule has 0 aromatic carbocycles. The van der Waals surface area contributed by atoms with Crippen LogP contribution in [0.5, 0.6) is 0 Å². The van der Waals surface area contributed by atoms with E-state index in [9.17, 15) is 0 Å². The van der Waals surface area contributed by atoms with Gasteiger partial charge in [-0.2, -0.15) is 0 Å². The van der Waals surface area contributed by atoms with Crippen molar-refractivity contribution in [2.45, 2.75) is 6.92 Å². The zero-order valence-electron chi connectivity index (χ0n) is 5.43. The van der Waals surface area contributed by atoms with E-state index in [1.807, 2.05) is 6.92 Å². The fourth-order valence-electron chi connectivity index (χ4n) is 0.629. The number of aromatic nitrogens is 2. The first-order valence-corrected chi connectivity index (χ1v) is 3.10. The van der Waals surface area contributed by atoms with Gasteiger partial charge in [0.05, 0.1) is 0 Å². The lowest BCUT2D eigenvalue weighted by molar-refractivity contribution is 1.11. The molecule has 0 saturated heterocycles. The Labute approximate surface area is 63.6 Å². The maximum Gasteiger partial charge on any atom is 0.147 e. The molecule has 1 heterocycles. The first-order valence-electron chi connectivity index (χ1n) is 2.73. The molecular weight excluding hydrogens is 150 g/mol. The molecule has 1 rings (SSSR count). The Hall–Kier alpha value is -0.960. The van der Waals surface area contributed by atoms with Crippen molar-refractivity contribution in [2.75, 3.05) is 0 Å². The lowest BCUT2D eigenvalue weighted by Crippen LogP contribution is -1.97. The third-order valence-electron chi connectivity index (χ3n) is 1.10. The summed E-state index contributed by atoms with van der Waals surface area (Å²) in [5.74, 6) is 0. The van der Waals surface area contributed by atoms with Crippen LogP contribution in [0.4, 0.5) is 0 Å². The summed E-state index contributed by atoms with van der Waals surface area (Å²) in [6.45, 7) is 1.81. The molecule has 1 aromatic heterocycles. The van der Waals surface area contributed by atoms with Crippen molar-refractivity contribution in [2.24, 2.45) is 0 Å². The Bertz CT molecular complexity index is 259. The molecule has 1 N–H and O–H groups in total. The topological polar surface area (TPSA) is 49.6 Å². The molecule has 0 bridgehead atoms. The van der Waals surface area contributed by atoms with E-state index < -0.39 is 0 Å². The van der Waals surface area contributed by atoms with E-state index in [-0.39, 0.29) is 5.17 Å². The summed E-state index contributed by atoms with van der Waals surface area (Å²) in [5, 5.41) is 7.01. The molecule has 4 heteroatoms. The van der Waals surface area contributed by atoms with E-state index in [1.54, 1.807) is 6.20 Å². The summed E-state index contributed by atoms with van der Waals surface area (Å²) in [5.41, 5.74) is 1.32. The summed E-state index contributed by atoms with van der Waals surface area (Å²) >= 11 is 5.40. The van der Waals surface area contributed by atoms with Crippen LogP contribution in [-0.2, 0) is 0 Å². The standard InChI is InChI=1S/C6H6ClN3/c1-4-2-9-3-10-5(4)6(7)8/h2-3,8H,1H3. The fraction of sp³-hybridized carbons (Fsp3) is 0.167. The number of nitrogens with zero attached hydrogens (tertiary/aromatic N) is 2. The van der Waals surface area contributed by atoms with E-state index in [2.05, 4.69) is 9.97 Å². The summed E-state index contributed by atoms with van der Waals surface area (Å²) in [7, 11) is 0. The van der Waals surface area contributed by atoms with Crippen molar-refractivity contribution in [1.82, 2.24) is 9.97 Å². The van der Waals surface area contributed by atoms with Gasteiger partial charge in [-0.1, -0.05) is 11.6 Å². The summed E-state index contributed by atoms with van der Waals surface area (Å²) in [4.78, 5) is 7.57. The molecular formula is C6H6ClN3. The monoisotopic (exact) mass is 155 g/mol. The van der Waals surface area contributed by atoms with Crippen LogP contribution in [0.25, 0.3) is 0 Å². The van der Waals surface area contributed by atoms with Crippen molar-refractivity contribution >= 4 is 16.8 Å². The van der Waals surface area contributed by atoms with Crippen LogP contribution in [0, 0.1) is 12.3 Å². The van der Waals surface area contributed by atoms with Gasteiger partial charge in [0.15, 0.2) is 0 Å². The van der Waals surface area contributed by atoms with Crippen LogP contribution in [0.15, 0.2) is 12.5 Å². The number of nitrogens with one attached hydrogen (secondary N) is 1. The van der Waals surface area contributed by atoms with Gasteiger partial charge in [0.25, 0.3) is 0 Å². The maximum absolute atomic E-state index is 7.05. The largest absolute Gasteiger partial charge is 0.287 e. The van der Waals surface area contributed by atoms with Crippen LogP contribution >= 0.6 is 11.6 Å². The molecule has 0 aliphatic rings. The number of hydrogen-bond donors (Lipinski definition) is 1. The average molecular weight is 156 g/mol. The Morgan fingerprint density at radius 3 is 2.80 bits per heavy atom. The Morgan fingerprint density at radius 2 is 2.40 bits per heavy atom. The normalized spacial score (nSPS) is 9.40. The molecule has 1 aromatic rings. The van der Waals surface area contributed by atoms with Gasteiger partial charge in [0.1, 0.15) is 17.2 Å². The quantitative estimate of drug-likeness (QED) is 0.623. The first-order chi connectivity index (χ1) is 4.72. The second kappa shape index (κ2) is 2.75. The molecule has 3 nitrogen and oxygen atoms in total. The maximum atomic E-state index is 7.05. The van der Waals surface area contributed by atoms with Gasteiger partial charge in [-0.05, 0) is 12.5 Å². The molecule has 0 fully saturated rings. The average Bonchev–Trinajstić information content (AvgIpc) is 1.88. The molecule has 0 radical (unpaired) electrons. The lowest BCUT2D eigenvalue weighted by atomic mass is 10.3. The predicted octanol–water partition coefficient (Wildman–Crippen LogP) is 1.35. The highest BCUT2D eigenvalue weighted by atomic mass is 35.5. The molecule has 52 valence electrons. The molecule has 0 atom stereocenters. The number of rotatable bonds is 1. The molecule has 0 aliphatic heterocycles. The second-order valence-corrected chi connectivity index (χ2v) is 2.25. The van der Waals surface area contributed by atoms with E-state index in [0.717, 1.165) is 5.56 Å². The minimum Gasteiger partial charge on any atom is -0.287 e. The minimum atomic E-state index is -0.0418. The fourth-order valence-corrected chi connectivity index (χ4v) is 0.827. The molecule has 0 unspecified atom stereocenters. The van der Waals surface area contributed by atoms with Gasteiger partial charge >= 0.3 is 0 Å².